The van der Waals surface area contributed by atoms with Crippen LogP contribution in [0, 0.1) is 5.92 Å². The van der Waals surface area contributed by atoms with E-state index in [1.54, 1.807) is 97.1 Å². The molecule has 1 aliphatic rings. The number of hydrogen-bond donors (Lipinski definition) is 0. The van der Waals surface area contributed by atoms with Crippen LogP contribution >= 0.6 is 0 Å². The smallest absolute Gasteiger partial charge is 0.307 e. The first kappa shape index (κ1) is 28.9. The highest BCUT2D eigenvalue weighted by atomic mass is 19.4. The monoisotopic (exact) mass is 582 g/mol. The predicted octanol–water partition coefficient (Wildman–Crippen LogP) is 7.55. The first-order valence-corrected chi connectivity index (χ1v) is 13.0. The molecule has 216 valence electrons. The topological polar surface area (TPSA) is 40.6 Å². The largest absolute Gasteiger partial charge is 0.403 e. The molecule has 1 fully saturated rings. The lowest BCUT2D eigenvalue weighted by Gasteiger charge is -2.42. The molecular formula is C32H24F6N2O2. The maximum Gasteiger partial charge on any atom is 0.403 e. The Hall–Kier alpha value is -4.60. The van der Waals surface area contributed by atoms with Gasteiger partial charge in [-0.25, -0.2) is 9.69 Å². The molecule has 0 bridgehead atoms. The molecular weight excluding hydrogens is 558 g/mol. The van der Waals surface area contributed by atoms with Crippen molar-refractivity contribution in [1.82, 2.24) is 9.80 Å². The fourth-order valence-electron chi connectivity index (χ4n) is 5.65. The van der Waals surface area contributed by atoms with Crippen molar-refractivity contribution in [1.29, 1.82) is 0 Å². The van der Waals surface area contributed by atoms with Crippen molar-refractivity contribution in [3.8, 4) is 0 Å². The summed E-state index contributed by atoms with van der Waals surface area (Å²) in [4.78, 5) is 29.6. The zero-order valence-electron chi connectivity index (χ0n) is 21.9. The highest BCUT2D eigenvalue weighted by Gasteiger charge is 2.69. The number of halogens is 6. The number of rotatable bonds is 7. The number of carbonyl (C=O) groups is 2. The number of carbonyl (C=O) groups excluding carboxylic acids is 2. The molecule has 0 radical (unpaired) electrons. The Balaban J connectivity index is 1.83. The molecule has 1 unspecified atom stereocenters. The zero-order chi connectivity index (χ0) is 30.1. The van der Waals surface area contributed by atoms with E-state index in [1.165, 1.54) is 24.3 Å². The van der Waals surface area contributed by atoms with E-state index >= 15 is 0 Å². The van der Waals surface area contributed by atoms with E-state index in [0.717, 1.165) is 0 Å². The van der Waals surface area contributed by atoms with Crippen molar-refractivity contribution >= 4 is 11.9 Å². The minimum Gasteiger partial charge on any atom is -0.307 e. The molecule has 4 aromatic carbocycles. The second-order valence-electron chi connectivity index (χ2n) is 9.88. The van der Waals surface area contributed by atoms with Crippen LogP contribution in [0.25, 0.3) is 0 Å². The third-order valence-electron chi connectivity index (χ3n) is 7.37. The Morgan fingerprint density at radius 2 is 0.929 bits per heavy atom. The summed E-state index contributed by atoms with van der Waals surface area (Å²) in [6, 6.07) is 27.7. The molecule has 0 spiro atoms. The number of urea groups is 1. The second-order valence-corrected chi connectivity index (χ2v) is 9.88. The van der Waals surface area contributed by atoms with Gasteiger partial charge in [-0.05, 0) is 22.3 Å². The Labute approximate surface area is 237 Å². The van der Waals surface area contributed by atoms with Crippen LogP contribution in [0.1, 0.15) is 22.3 Å². The minimum absolute atomic E-state index is 0.262. The summed E-state index contributed by atoms with van der Waals surface area (Å²) in [5.74, 6) is -5.72. The molecule has 4 aromatic rings. The average molecular weight is 583 g/mol. The maximum atomic E-state index is 14.4. The van der Waals surface area contributed by atoms with Crippen LogP contribution in [-0.4, -0.2) is 40.1 Å². The van der Waals surface area contributed by atoms with Crippen LogP contribution in [0.5, 0.6) is 0 Å². The molecule has 1 heterocycles. The molecule has 0 aliphatic carbocycles. The van der Waals surface area contributed by atoms with Crippen LogP contribution < -0.4 is 0 Å². The van der Waals surface area contributed by atoms with E-state index in [0.29, 0.717) is 26.5 Å². The number of imide groups is 1. The summed E-state index contributed by atoms with van der Waals surface area (Å²) in [6.07, 6.45) is -11.8. The maximum absolute atomic E-state index is 14.4. The van der Waals surface area contributed by atoms with E-state index in [1.807, 2.05) is 0 Å². The lowest BCUT2D eigenvalue weighted by molar-refractivity contribution is -0.294. The predicted molar refractivity (Wildman–Crippen MR) is 143 cm³/mol. The SMILES string of the molecule is O=C1C(C(C(F)(F)F)C(F)(F)F)N(Cc2ccccc2)C(=O)N1C(c1ccccc1)(c1ccccc1)c1ccccc1. The first-order valence-electron chi connectivity index (χ1n) is 13.0. The lowest BCUT2D eigenvalue weighted by Crippen LogP contribution is -2.54. The molecule has 3 amide bonds. The molecule has 42 heavy (non-hydrogen) atoms. The molecule has 1 atom stereocenters. The van der Waals surface area contributed by atoms with E-state index in [2.05, 4.69) is 0 Å². The van der Waals surface area contributed by atoms with Crippen molar-refractivity contribution in [2.75, 3.05) is 0 Å². The number of alkyl halides is 6. The van der Waals surface area contributed by atoms with Gasteiger partial charge in [0.25, 0.3) is 5.91 Å². The minimum atomic E-state index is -5.88. The number of hydrogen-bond acceptors (Lipinski definition) is 2. The number of benzene rings is 4. The van der Waals surface area contributed by atoms with Crippen molar-refractivity contribution in [3.63, 3.8) is 0 Å². The van der Waals surface area contributed by atoms with Crippen LogP contribution in [-0.2, 0) is 16.9 Å². The summed E-state index contributed by atoms with van der Waals surface area (Å²) in [6.45, 7) is -0.649. The fourth-order valence-corrected chi connectivity index (χ4v) is 5.65. The van der Waals surface area contributed by atoms with Crippen LogP contribution in [0.4, 0.5) is 31.1 Å². The van der Waals surface area contributed by atoms with Gasteiger partial charge < -0.3 is 4.90 Å². The Morgan fingerprint density at radius 3 is 1.29 bits per heavy atom. The van der Waals surface area contributed by atoms with Crippen LogP contribution in [0.3, 0.4) is 0 Å². The van der Waals surface area contributed by atoms with E-state index in [-0.39, 0.29) is 5.56 Å². The van der Waals surface area contributed by atoms with Crippen LogP contribution in [0.15, 0.2) is 121 Å². The number of nitrogens with zero attached hydrogens (tertiary/aromatic N) is 2. The van der Waals surface area contributed by atoms with E-state index < -0.39 is 48.3 Å². The van der Waals surface area contributed by atoms with Gasteiger partial charge in [-0.3, -0.25) is 4.79 Å². The zero-order valence-corrected chi connectivity index (χ0v) is 21.9. The van der Waals surface area contributed by atoms with Crippen LogP contribution in [0.2, 0.25) is 0 Å². The molecule has 4 nitrogen and oxygen atoms in total. The van der Waals surface area contributed by atoms with Gasteiger partial charge in [-0.1, -0.05) is 121 Å². The Kier molecular flexibility index (Phi) is 7.57. The van der Waals surface area contributed by atoms with Gasteiger partial charge in [0.2, 0.25) is 0 Å². The lowest BCUT2D eigenvalue weighted by atomic mass is 9.75. The highest BCUT2D eigenvalue weighted by molar-refractivity contribution is 6.06. The first-order chi connectivity index (χ1) is 20.0. The Morgan fingerprint density at radius 1 is 0.571 bits per heavy atom. The number of amides is 3. The third kappa shape index (κ3) is 5.01. The molecule has 0 saturated carbocycles. The standard InChI is InChI=1S/C32H24F6N2O2/c33-31(34,35)27(32(36,37)38)26-28(41)40(29(42)39(26)21-22-13-5-1-6-14-22)30(23-15-7-2-8-16-23,24-17-9-3-10-18-24)25-19-11-4-12-20-25/h1-20,26-27H,21H2. The quantitative estimate of drug-likeness (QED) is 0.128. The Bertz CT molecular complexity index is 1420. The van der Waals surface area contributed by atoms with Gasteiger partial charge in [0.1, 0.15) is 11.6 Å². The van der Waals surface area contributed by atoms with Gasteiger partial charge >= 0.3 is 18.4 Å². The van der Waals surface area contributed by atoms with Crippen molar-refractivity contribution < 1.29 is 35.9 Å². The summed E-state index contributed by atoms with van der Waals surface area (Å²) in [5.41, 5.74) is -0.720. The normalized spacial score (nSPS) is 16.4. The molecule has 10 heteroatoms. The summed E-state index contributed by atoms with van der Waals surface area (Å²) in [5, 5.41) is 0. The van der Waals surface area contributed by atoms with Gasteiger partial charge in [0.05, 0.1) is 0 Å². The summed E-state index contributed by atoms with van der Waals surface area (Å²) >= 11 is 0. The summed E-state index contributed by atoms with van der Waals surface area (Å²) < 4.78 is 85.5. The molecule has 1 saturated heterocycles. The van der Waals surface area contributed by atoms with E-state index in [4.69, 9.17) is 0 Å². The van der Waals surface area contributed by atoms with E-state index in [9.17, 15) is 35.9 Å². The van der Waals surface area contributed by atoms with Crippen molar-refractivity contribution in [2.45, 2.75) is 30.5 Å². The van der Waals surface area contributed by atoms with Gasteiger partial charge in [0.15, 0.2) is 5.92 Å². The van der Waals surface area contributed by atoms with Gasteiger partial charge in [-0.2, -0.15) is 26.3 Å². The van der Waals surface area contributed by atoms with Crippen molar-refractivity contribution in [3.05, 3.63) is 144 Å². The highest BCUT2D eigenvalue weighted by Crippen LogP contribution is 2.50. The molecule has 5 rings (SSSR count). The molecule has 1 aliphatic heterocycles. The van der Waals surface area contributed by atoms with Gasteiger partial charge in [-0.15, -0.1) is 0 Å². The van der Waals surface area contributed by atoms with Crippen molar-refractivity contribution in [2.24, 2.45) is 5.92 Å². The summed E-state index contributed by atoms with van der Waals surface area (Å²) in [7, 11) is 0. The fraction of sp³-hybridized carbons (Fsp3) is 0.188. The molecule has 0 N–H and O–H groups in total. The van der Waals surface area contributed by atoms with Gasteiger partial charge in [0, 0.05) is 6.54 Å². The average Bonchev–Trinajstić information content (AvgIpc) is 3.19. The second kappa shape index (κ2) is 11.0. The third-order valence-corrected chi connectivity index (χ3v) is 7.37. The molecule has 0 aromatic heterocycles.